The minimum absolute atomic E-state index is 0.0523. The predicted molar refractivity (Wildman–Crippen MR) is 116 cm³/mol. The van der Waals surface area contributed by atoms with Crippen molar-refractivity contribution in [1.82, 2.24) is 9.97 Å². The fraction of sp³-hybridized carbons (Fsp3) is 0.417. The van der Waals surface area contributed by atoms with Gasteiger partial charge in [-0.2, -0.15) is 0 Å². The van der Waals surface area contributed by atoms with E-state index in [0.717, 1.165) is 72.6 Å². The van der Waals surface area contributed by atoms with Crippen molar-refractivity contribution in [2.45, 2.75) is 50.4 Å². The number of rotatable bonds is 3. The summed E-state index contributed by atoms with van der Waals surface area (Å²) in [6.45, 7) is 0.858. The van der Waals surface area contributed by atoms with Crippen molar-refractivity contribution in [3.05, 3.63) is 58.4 Å². The quantitative estimate of drug-likeness (QED) is 0.636. The van der Waals surface area contributed by atoms with Gasteiger partial charge in [0, 0.05) is 23.2 Å². The largest absolute Gasteiger partial charge is 0.341 e. The number of fused-ring (bicyclic) bond motifs is 2. The standard InChI is InChI=1S/C24H24ClN3O/c25-18-7-8-19-20(14-18)27-23(26-19)24(10-2-11-24)17-6-9-21-16(13-17)3-1-12-28(21)22(29)15-4-5-15/h6-9,13-15H,1-5,10-12H2,(H,26,27). The second kappa shape index (κ2) is 6.33. The normalized spacial score (nSPS) is 20.4. The van der Waals surface area contributed by atoms with Gasteiger partial charge >= 0.3 is 0 Å². The van der Waals surface area contributed by atoms with E-state index in [-0.39, 0.29) is 11.3 Å². The van der Waals surface area contributed by atoms with Crippen molar-refractivity contribution in [2.75, 3.05) is 11.4 Å². The number of aryl methyl sites for hydroxylation is 1. The molecule has 1 amide bonds. The van der Waals surface area contributed by atoms with Crippen LogP contribution in [0.25, 0.3) is 11.0 Å². The summed E-state index contributed by atoms with van der Waals surface area (Å²) in [7, 11) is 0. The minimum atomic E-state index is -0.0523. The summed E-state index contributed by atoms with van der Waals surface area (Å²) < 4.78 is 0. The number of nitrogens with one attached hydrogen (secondary N) is 1. The topological polar surface area (TPSA) is 49.0 Å². The van der Waals surface area contributed by atoms with Crippen LogP contribution < -0.4 is 4.90 Å². The fourth-order valence-corrected chi connectivity index (χ4v) is 5.25. The Morgan fingerprint density at radius 2 is 2.00 bits per heavy atom. The number of hydrogen-bond donors (Lipinski definition) is 1. The summed E-state index contributed by atoms with van der Waals surface area (Å²) in [5, 5.41) is 0.726. The Labute approximate surface area is 175 Å². The highest BCUT2D eigenvalue weighted by Crippen LogP contribution is 2.49. The Morgan fingerprint density at radius 1 is 1.14 bits per heavy atom. The molecule has 0 radical (unpaired) electrons. The van der Waals surface area contributed by atoms with E-state index in [1.165, 1.54) is 17.5 Å². The summed E-state index contributed by atoms with van der Waals surface area (Å²) in [6.07, 6.45) is 7.62. The number of aromatic nitrogens is 2. The van der Waals surface area contributed by atoms with Crippen molar-refractivity contribution in [2.24, 2.45) is 5.92 Å². The molecule has 1 aliphatic heterocycles. The maximum absolute atomic E-state index is 12.7. The van der Waals surface area contributed by atoms with Crippen LogP contribution >= 0.6 is 11.6 Å². The van der Waals surface area contributed by atoms with Crippen molar-refractivity contribution in [3.63, 3.8) is 0 Å². The number of benzene rings is 2. The molecule has 6 rings (SSSR count). The molecule has 2 fully saturated rings. The summed E-state index contributed by atoms with van der Waals surface area (Å²) in [4.78, 5) is 23.2. The van der Waals surface area contributed by atoms with Crippen LogP contribution in [0.5, 0.6) is 0 Å². The molecule has 0 bridgehead atoms. The van der Waals surface area contributed by atoms with Gasteiger partial charge in [0.05, 0.1) is 16.4 Å². The van der Waals surface area contributed by atoms with Crippen LogP contribution in [0.3, 0.4) is 0 Å². The second-order valence-electron chi connectivity index (χ2n) is 8.89. The third-order valence-corrected chi connectivity index (χ3v) is 7.28. The number of imidazole rings is 1. The van der Waals surface area contributed by atoms with Gasteiger partial charge in [-0.25, -0.2) is 4.98 Å². The van der Waals surface area contributed by atoms with Gasteiger partial charge in [-0.05, 0) is 73.9 Å². The molecule has 0 saturated heterocycles. The van der Waals surface area contributed by atoms with E-state index in [9.17, 15) is 4.79 Å². The molecule has 5 heteroatoms. The Bertz CT molecular complexity index is 1130. The van der Waals surface area contributed by atoms with E-state index in [1.54, 1.807) is 0 Å². The van der Waals surface area contributed by atoms with E-state index in [4.69, 9.17) is 16.6 Å². The molecule has 29 heavy (non-hydrogen) atoms. The average Bonchev–Trinajstić information content (AvgIpc) is 3.46. The third kappa shape index (κ3) is 2.72. The van der Waals surface area contributed by atoms with Gasteiger partial charge in [0.15, 0.2) is 0 Å². The first-order chi connectivity index (χ1) is 14.1. The average molecular weight is 406 g/mol. The molecule has 0 unspecified atom stereocenters. The lowest BCUT2D eigenvalue weighted by molar-refractivity contribution is -0.119. The maximum atomic E-state index is 12.7. The number of anilines is 1. The van der Waals surface area contributed by atoms with E-state index in [1.807, 2.05) is 23.1 Å². The number of hydrogen-bond acceptors (Lipinski definition) is 2. The molecular weight excluding hydrogens is 382 g/mol. The van der Waals surface area contributed by atoms with Crippen LogP contribution in [-0.2, 0) is 16.6 Å². The maximum Gasteiger partial charge on any atom is 0.230 e. The zero-order valence-corrected chi connectivity index (χ0v) is 17.1. The van der Waals surface area contributed by atoms with Gasteiger partial charge in [0.2, 0.25) is 5.91 Å². The van der Waals surface area contributed by atoms with Crippen LogP contribution in [0.1, 0.15) is 55.5 Å². The zero-order valence-electron chi connectivity index (χ0n) is 16.4. The molecule has 148 valence electrons. The molecular formula is C24H24ClN3O. The number of halogens is 1. The number of aromatic amines is 1. The lowest BCUT2D eigenvalue weighted by Crippen LogP contribution is -2.38. The van der Waals surface area contributed by atoms with Crippen LogP contribution in [0, 0.1) is 5.92 Å². The lowest BCUT2D eigenvalue weighted by Gasteiger charge is -2.41. The zero-order chi connectivity index (χ0) is 19.6. The molecule has 2 saturated carbocycles. The smallest absolute Gasteiger partial charge is 0.230 e. The molecule has 2 heterocycles. The first-order valence-corrected chi connectivity index (χ1v) is 11.1. The Morgan fingerprint density at radius 3 is 2.76 bits per heavy atom. The van der Waals surface area contributed by atoms with Gasteiger partial charge in [0.25, 0.3) is 0 Å². The Kier molecular flexibility index (Phi) is 3.83. The van der Waals surface area contributed by atoms with Gasteiger partial charge in [0.1, 0.15) is 5.82 Å². The Hall–Kier alpha value is -2.33. The highest BCUT2D eigenvalue weighted by molar-refractivity contribution is 6.31. The molecule has 1 aromatic heterocycles. The molecule has 2 aromatic carbocycles. The van der Waals surface area contributed by atoms with Crippen LogP contribution in [0.2, 0.25) is 5.02 Å². The van der Waals surface area contributed by atoms with Crippen LogP contribution in [-0.4, -0.2) is 22.4 Å². The third-order valence-electron chi connectivity index (χ3n) is 7.05. The number of carbonyl (C=O) groups excluding carboxylic acids is 1. The van der Waals surface area contributed by atoms with Gasteiger partial charge in [-0.3, -0.25) is 4.79 Å². The van der Waals surface area contributed by atoms with E-state index < -0.39 is 0 Å². The van der Waals surface area contributed by atoms with Gasteiger partial charge in [-0.1, -0.05) is 30.2 Å². The highest BCUT2D eigenvalue weighted by Gasteiger charge is 2.44. The molecule has 2 aliphatic carbocycles. The van der Waals surface area contributed by atoms with Crippen molar-refractivity contribution in [3.8, 4) is 0 Å². The summed E-state index contributed by atoms with van der Waals surface area (Å²) in [5.74, 6) is 1.63. The number of amides is 1. The summed E-state index contributed by atoms with van der Waals surface area (Å²) in [5.41, 5.74) is 5.68. The highest BCUT2D eigenvalue weighted by atomic mass is 35.5. The molecule has 4 nitrogen and oxygen atoms in total. The fourth-order valence-electron chi connectivity index (χ4n) is 5.08. The van der Waals surface area contributed by atoms with Gasteiger partial charge < -0.3 is 9.88 Å². The summed E-state index contributed by atoms with van der Waals surface area (Å²) >= 11 is 6.17. The first kappa shape index (κ1) is 17.5. The second-order valence-corrected chi connectivity index (χ2v) is 9.33. The molecule has 3 aromatic rings. The van der Waals surface area contributed by atoms with Gasteiger partial charge in [-0.15, -0.1) is 0 Å². The monoisotopic (exact) mass is 405 g/mol. The van der Waals surface area contributed by atoms with Crippen molar-refractivity contribution >= 4 is 34.2 Å². The minimum Gasteiger partial charge on any atom is -0.341 e. The predicted octanol–water partition coefficient (Wildman–Crippen LogP) is 5.38. The molecule has 1 N–H and O–H groups in total. The molecule has 0 atom stereocenters. The van der Waals surface area contributed by atoms with Crippen molar-refractivity contribution < 1.29 is 4.79 Å². The molecule has 0 spiro atoms. The summed E-state index contributed by atoms with van der Waals surface area (Å²) in [6, 6.07) is 12.6. The SMILES string of the molecule is O=C(C1CC1)N1CCCc2cc(C3(c4nc5ccc(Cl)cc5[nH]4)CCC3)ccc21. The Balaban J connectivity index is 1.40. The van der Waals surface area contributed by atoms with Crippen LogP contribution in [0.15, 0.2) is 36.4 Å². The van der Waals surface area contributed by atoms with E-state index in [2.05, 4.69) is 23.2 Å². The first-order valence-electron chi connectivity index (χ1n) is 10.7. The van der Waals surface area contributed by atoms with Crippen LogP contribution in [0.4, 0.5) is 5.69 Å². The number of H-pyrrole nitrogens is 1. The number of carbonyl (C=O) groups is 1. The van der Waals surface area contributed by atoms with Crippen molar-refractivity contribution in [1.29, 1.82) is 0 Å². The molecule has 3 aliphatic rings. The lowest BCUT2D eigenvalue weighted by atomic mass is 9.63. The van der Waals surface area contributed by atoms with E-state index >= 15 is 0 Å². The number of nitrogens with zero attached hydrogens (tertiary/aromatic N) is 2. The van der Waals surface area contributed by atoms with E-state index in [0.29, 0.717) is 5.91 Å².